The SMILES string of the molecule is Cc1cccc2c([C@@H](CC(=O)C(F)(F)F)c3cc(C(F)(F)F)cc(C(F)(F)F)c3)c[nH]c12. The van der Waals surface area contributed by atoms with Crippen LogP contribution in [-0.2, 0) is 17.1 Å². The molecule has 1 heterocycles. The lowest BCUT2D eigenvalue weighted by atomic mass is 9.84. The lowest BCUT2D eigenvalue weighted by molar-refractivity contribution is -0.171. The third-order valence-corrected chi connectivity index (χ3v) is 5.05. The number of carbonyl (C=O) groups is 1. The molecule has 0 radical (unpaired) electrons. The van der Waals surface area contributed by atoms with Gasteiger partial charge in [-0.2, -0.15) is 39.5 Å². The van der Waals surface area contributed by atoms with Crippen molar-refractivity contribution in [2.45, 2.75) is 37.8 Å². The van der Waals surface area contributed by atoms with Gasteiger partial charge in [0.25, 0.3) is 0 Å². The summed E-state index contributed by atoms with van der Waals surface area (Å²) >= 11 is 0. The largest absolute Gasteiger partial charge is 0.450 e. The van der Waals surface area contributed by atoms with E-state index in [2.05, 4.69) is 4.98 Å². The van der Waals surface area contributed by atoms with Crippen LogP contribution in [0.1, 0.15) is 40.2 Å². The van der Waals surface area contributed by atoms with Crippen LogP contribution < -0.4 is 0 Å². The highest BCUT2D eigenvalue weighted by Crippen LogP contribution is 2.42. The molecule has 11 heteroatoms. The Morgan fingerprint density at radius 3 is 1.97 bits per heavy atom. The van der Waals surface area contributed by atoms with Gasteiger partial charge >= 0.3 is 18.5 Å². The van der Waals surface area contributed by atoms with Gasteiger partial charge in [0.05, 0.1) is 11.1 Å². The highest BCUT2D eigenvalue weighted by molar-refractivity contribution is 5.89. The van der Waals surface area contributed by atoms with Gasteiger partial charge in [0.15, 0.2) is 0 Å². The molecule has 32 heavy (non-hydrogen) atoms. The van der Waals surface area contributed by atoms with Crippen molar-refractivity contribution >= 4 is 16.7 Å². The van der Waals surface area contributed by atoms with Crippen molar-refractivity contribution < 1.29 is 44.3 Å². The van der Waals surface area contributed by atoms with E-state index in [4.69, 9.17) is 0 Å². The molecule has 1 aromatic heterocycles. The summed E-state index contributed by atoms with van der Waals surface area (Å²) < 4.78 is 119. The average molecular weight is 467 g/mol. The molecule has 0 fully saturated rings. The van der Waals surface area contributed by atoms with E-state index in [1.165, 1.54) is 18.3 Å². The topological polar surface area (TPSA) is 32.9 Å². The molecule has 0 saturated heterocycles. The molecule has 0 amide bonds. The molecule has 3 rings (SSSR count). The summed E-state index contributed by atoms with van der Waals surface area (Å²) in [5, 5.41) is 0.288. The fourth-order valence-corrected chi connectivity index (χ4v) is 3.50. The number of aromatic nitrogens is 1. The van der Waals surface area contributed by atoms with Crippen molar-refractivity contribution in [3.8, 4) is 0 Å². The van der Waals surface area contributed by atoms with Gasteiger partial charge in [-0.15, -0.1) is 0 Å². The maximum absolute atomic E-state index is 13.3. The Kier molecular flexibility index (Phi) is 5.82. The minimum absolute atomic E-state index is 0.0197. The van der Waals surface area contributed by atoms with Crippen LogP contribution in [0.4, 0.5) is 39.5 Å². The highest BCUT2D eigenvalue weighted by atomic mass is 19.4. The first-order chi connectivity index (χ1) is 14.6. The predicted octanol–water partition coefficient (Wildman–Crippen LogP) is 7.17. The number of nitrogens with one attached hydrogen (secondary N) is 1. The van der Waals surface area contributed by atoms with E-state index in [1.54, 1.807) is 13.0 Å². The summed E-state index contributed by atoms with van der Waals surface area (Å²) in [6.07, 6.45) is -15.9. The number of H-pyrrole nitrogens is 1. The van der Waals surface area contributed by atoms with E-state index in [0.29, 0.717) is 23.2 Å². The van der Waals surface area contributed by atoms with Crippen LogP contribution in [0.15, 0.2) is 42.6 Å². The fourth-order valence-electron chi connectivity index (χ4n) is 3.50. The molecule has 1 N–H and O–H groups in total. The number of hydrogen-bond acceptors (Lipinski definition) is 1. The maximum atomic E-state index is 13.3. The summed E-state index contributed by atoms with van der Waals surface area (Å²) in [5.74, 6) is -3.97. The number of rotatable bonds is 4. The molecule has 0 unspecified atom stereocenters. The second-order valence-electron chi connectivity index (χ2n) is 7.26. The molecular weight excluding hydrogens is 453 g/mol. The number of carbonyl (C=O) groups excluding carboxylic acids is 1. The molecule has 0 aliphatic rings. The van der Waals surface area contributed by atoms with Crippen LogP contribution in [0.2, 0.25) is 0 Å². The van der Waals surface area contributed by atoms with Crippen LogP contribution >= 0.6 is 0 Å². The van der Waals surface area contributed by atoms with Crippen LogP contribution in [-0.4, -0.2) is 16.9 Å². The zero-order chi connectivity index (χ0) is 24.1. The maximum Gasteiger partial charge on any atom is 0.450 e. The standard InChI is InChI=1S/C21H14F9NO/c1-10-3-2-4-14-16(9-31-18(10)14)15(8-17(32)21(28,29)30)11-5-12(19(22,23)24)7-13(6-11)20(25,26)27/h2-7,9,15,31H,8H2,1H3/t15-/m0/s1. The Labute approximate surface area is 175 Å². The Bertz CT molecular complexity index is 1120. The first-order valence-electron chi connectivity index (χ1n) is 9.05. The smallest absolute Gasteiger partial charge is 0.361 e. The average Bonchev–Trinajstić information content (AvgIpc) is 3.08. The minimum Gasteiger partial charge on any atom is -0.361 e. The first kappa shape index (κ1) is 23.7. The molecule has 0 aliphatic carbocycles. The molecule has 0 bridgehead atoms. The number of aryl methyl sites for hydroxylation is 1. The van der Waals surface area contributed by atoms with Crippen molar-refractivity contribution in [3.05, 3.63) is 70.4 Å². The number of halogens is 9. The van der Waals surface area contributed by atoms with E-state index >= 15 is 0 Å². The summed E-state index contributed by atoms with van der Waals surface area (Å²) in [6.45, 7) is 1.66. The van der Waals surface area contributed by atoms with E-state index < -0.39 is 53.3 Å². The van der Waals surface area contributed by atoms with Gasteiger partial charge in [0, 0.05) is 29.4 Å². The molecule has 2 aromatic carbocycles. The van der Waals surface area contributed by atoms with Crippen molar-refractivity contribution in [1.82, 2.24) is 4.98 Å². The molecule has 0 spiro atoms. The van der Waals surface area contributed by atoms with Gasteiger partial charge in [-0.25, -0.2) is 0 Å². The number of ketones is 1. The van der Waals surface area contributed by atoms with Crippen LogP contribution in [0.5, 0.6) is 0 Å². The minimum atomic E-state index is -5.31. The number of hydrogen-bond donors (Lipinski definition) is 1. The molecule has 0 aliphatic heterocycles. The Morgan fingerprint density at radius 2 is 1.47 bits per heavy atom. The molecule has 1 atom stereocenters. The van der Waals surface area contributed by atoms with Gasteiger partial charge in [0.1, 0.15) is 0 Å². The number of Topliss-reactive ketones (excluding diaryl/α,β-unsaturated/α-hetero) is 1. The lowest BCUT2D eigenvalue weighted by Crippen LogP contribution is -2.25. The number of benzene rings is 2. The Hall–Kier alpha value is -2.98. The highest BCUT2D eigenvalue weighted by Gasteiger charge is 2.42. The number of alkyl halides is 9. The van der Waals surface area contributed by atoms with Gasteiger partial charge in [0.2, 0.25) is 5.78 Å². The zero-order valence-corrected chi connectivity index (χ0v) is 16.1. The normalized spacial score (nSPS) is 14.1. The van der Waals surface area contributed by atoms with Crippen molar-refractivity contribution in [3.63, 3.8) is 0 Å². The molecule has 0 saturated carbocycles. The number of aromatic amines is 1. The van der Waals surface area contributed by atoms with Gasteiger partial charge in [-0.05, 0) is 41.8 Å². The zero-order valence-electron chi connectivity index (χ0n) is 16.1. The van der Waals surface area contributed by atoms with Crippen LogP contribution in [0.25, 0.3) is 10.9 Å². The summed E-state index contributed by atoms with van der Waals surface area (Å²) in [5.41, 5.74) is -2.99. The van der Waals surface area contributed by atoms with Gasteiger partial charge in [-0.3, -0.25) is 4.79 Å². The Balaban J connectivity index is 2.28. The second-order valence-corrected chi connectivity index (χ2v) is 7.26. The van der Waals surface area contributed by atoms with E-state index in [-0.39, 0.29) is 17.0 Å². The summed E-state index contributed by atoms with van der Waals surface area (Å²) in [7, 11) is 0. The second kappa shape index (κ2) is 7.86. The monoisotopic (exact) mass is 467 g/mol. The lowest BCUT2D eigenvalue weighted by Gasteiger charge is -2.21. The fraction of sp³-hybridized carbons (Fsp3) is 0.286. The molecule has 2 nitrogen and oxygen atoms in total. The first-order valence-corrected chi connectivity index (χ1v) is 9.05. The summed E-state index contributed by atoms with van der Waals surface area (Å²) in [4.78, 5) is 14.5. The third kappa shape index (κ3) is 4.76. The van der Waals surface area contributed by atoms with E-state index in [1.807, 2.05) is 0 Å². The molecular formula is C21H14F9NO. The molecule has 3 aromatic rings. The van der Waals surface area contributed by atoms with E-state index in [0.717, 1.165) is 0 Å². The van der Waals surface area contributed by atoms with E-state index in [9.17, 15) is 44.3 Å². The number of fused-ring (bicyclic) bond motifs is 1. The quantitative estimate of drug-likeness (QED) is 0.406. The van der Waals surface area contributed by atoms with Crippen LogP contribution in [0, 0.1) is 6.92 Å². The van der Waals surface area contributed by atoms with Crippen LogP contribution in [0.3, 0.4) is 0 Å². The predicted molar refractivity (Wildman–Crippen MR) is 97.0 cm³/mol. The van der Waals surface area contributed by atoms with Crippen molar-refractivity contribution in [2.24, 2.45) is 0 Å². The van der Waals surface area contributed by atoms with Gasteiger partial charge < -0.3 is 4.98 Å². The summed E-state index contributed by atoms with van der Waals surface area (Å²) in [6, 6.07) is 5.22. The molecule has 172 valence electrons. The third-order valence-electron chi connectivity index (χ3n) is 5.05. The number of para-hydroxylation sites is 1. The van der Waals surface area contributed by atoms with Crippen molar-refractivity contribution in [2.75, 3.05) is 0 Å². The Morgan fingerprint density at radius 1 is 0.906 bits per heavy atom. The van der Waals surface area contributed by atoms with Crippen molar-refractivity contribution in [1.29, 1.82) is 0 Å². The van der Waals surface area contributed by atoms with Gasteiger partial charge in [-0.1, -0.05) is 18.2 Å².